The SMILES string of the molecule is CC=CC(=O)Nc1ccc(C(F)(F)F)cc1C(=O)O. The number of halogens is 3. The number of alkyl halides is 3. The van der Waals surface area contributed by atoms with Gasteiger partial charge < -0.3 is 10.4 Å². The van der Waals surface area contributed by atoms with Crippen molar-refractivity contribution in [3.05, 3.63) is 41.5 Å². The minimum absolute atomic E-state index is 0.191. The van der Waals surface area contributed by atoms with Gasteiger partial charge in [0, 0.05) is 0 Å². The summed E-state index contributed by atoms with van der Waals surface area (Å²) in [5.41, 5.74) is -1.90. The van der Waals surface area contributed by atoms with Crippen molar-refractivity contribution in [3.8, 4) is 0 Å². The Morgan fingerprint density at radius 2 is 1.95 bits per heavy atom. The molecule has 0 aliphatic carbocycles. The Balaban J connectivity index is 3.19. The van der Waals surface area contributed by atoms with Gasteiger partial charge in [-0.15, -0.1) is 0 Å². The summed E-state index contributed by atoms with van der Waals surface area (Å²) in [6.45, 7) is 1.57. The number of hydrogen-bond donors (Lipinski definition) is 2. The highest BCUT2D eigenvalue weighted by molar-refractivity contribution is 6.04. The number of anilines is 1. The summed E-state index contributed by atoms with van der Waals surface area (Å²) in [5, 5.41) is 11.1. The lowest BCUT2D eigenvalue weighted by Crippen LogP contribution is -2.14. The van der Waals surface area contributed by atoms with E-state index in [9.17, 15) is 22.8 Å². The molecule has 0 unspecified atom stereocenters. The molecular formula is C12H10F3NO3. The van der Waals surface area contributed by atoms with E-state index in [2.05, 4.69) is 5.32 Å². The van der Waals surface area contributed by atoms with Gasteiger partial charge in [-0.25, -0.2) is 4.79 Å². The Kier molecular flexibility index (Phi) is 4.31. The first-order valence-electron chi connectivity index (χ1n) is 5.14. The second kappa shape index (κ2) is 5.55. The monoisotopic (exact) mass is 273 g/mol. The van der Waals surface area contributed by atoms with Gasteiger partial charge in [-0.05, 0) is 31.2 Å². The largest absolute Gasteiger partial charge is 0.478 e. The molecule has 0 spiro atoms. The standard InChI is InChI=1S/C12H10F3NO3/c1-2-3-10(17)16-9-5-4-7(12(13,14)15)6-8(9)11(18)19/h2-6H,1H3,(H,16,17)(H,18,19). The highest BCUT2D eigenvalue weighted by Gasteiger charge is 2.31. The van der Waals surface area contributed by atoms with E-state index in [4.69, 9.17) is 5.11 Å². The Morgan fingerprint density at radius 3 is 2.42 bits per heavy atom. The Hall–Kier alpha value is -2.31. The van der Waals surface area contributed by atoms with Crippen molar-refractivity contribution in [2.45, 2.75) is 13.1 Å². The summed E-state index contributed by atoms with van der Waals surface area (Å²) in [7, 11) is 0. The van der Waals surface area contributed by atoms with Crippen molar-refractivity contribution >= 4 is 17.6 Å². The summed E-state index contributed by atoms with van der Waals surface area (Å²) >= 11 is 0. The summed E-state index contributed by atoms with van der Waals surface area (Å²) in [6.07, 6.45) is -2.10. The van der Waals surface area contributed by atoms with Crippen LogP contribution in [0.3, 0.4) is 0 Å². The van der Waals surface area contributed by atoms with E-state index in [0.717, 1.165) is 12.1 Å². The van der Waals surface area contributed by atoms with E-state index in [1.165, 1.54) is 6.08 Å². The predicted octanol–water partition coefficient (Wildman–Crippen LogP) is 2.92. The molecule has 1 rings (SSSR count). The Morgan fingerprint density at radius 1 is 1.32 bits per heavy atom. The molecule has 0 aromatic heterocycles. The second-order valence-corrected chi connectivity index (χ2v) is 3.55. The van der Waals surface area contributed by atoms with Crippen LogP contribution in [0.15, 0.2) is 30.4 Å². The first-order chi connectivity index (χ1) is 8.75. The molecule has 0 aliphatic rings. The number of rotatable bonds is 3. The molecule has 0 heterocycles. The molecule has 4 nitrogen and oxygen atoms in total. The molecule has 0 saturated heterocycles. The molecule has 1 aromatic rings. The zero-order chi connectivity index (χ0) is 14.6. The van der Waals surface area contributed by atoms with E-state index in [-0.39, 0.29) is 5.69 Å². The maximum atomic E-state index is 12.5. The van der Waals surface area contributed by atoms with Crippen molar-refractivity contribution in [2.24, 2.45) is 0 Å². The minimum atomic E-state index is -4.64. The molecule has 0 aliphatic heterocycles. The van der Waals surface area contributed by atoms with E-state index in [0.29, 0.717) is 12.1 Å². The van der Waals surface area contributed by atoms with Gasteiger partial charge in [-0.2, -0.15) is 13.2 Å². The minimum Gasteiger partial charge on any atom is -0.478 e. The lowest BCUT2D eigenvalue weighted by molar-refractivity contribution is -0.137. The van der Waals surface area contributed by atoms with Crippen LogP contribution in [-0.2, 0) is 11.0 Å². The van der Waals surface area contributed by atoms with Crippen LogP contribution in [0.5, 0.6) is 0 Å². The van der Waals surface area contributed by atoms with Gasteiger partial charge in [0.1, 0.15) is 0 Å². The fraction of sp³-hybridized carbons (Fsp3) is 0.167. The number of nitrogens with one attached hydrogen (secondary N) is 1. The van der Waals surface area contributed by atoms with Crippen molar-refractivity contribution in [1.29, 1.82) is 0 Å². The molecule has 1 amide bonds. The molecule has 0 saturated carbocycles. The van der Waals surface area contributed by atoms with Crippen LogP contribution in [0.25, 0.3) is 0 Å². The fourth-order valence-corrected chi connectivity index (χ4v) is 1.33. The molecule has 1 aromatic carbocycles. The molecule has 0 fully saturated rings. The number of aromatic carboxylic acids is 1. The van der Waals surface area contributed by atoms with Crippen LogP contribution in [0.1, 0.15) is 22.8 Å². The van der Waals surface area contributed by atoms with Gasteiger partial charge in [0.15, 0.2) is 0 Å². The van der Waals surface area contributed by atoms with Crippen LogP contribution < -0.4 is 5.32 Å². The summed E-state index contributed by atoms with van der Waals surface area (Å²) in [4.78, 5) is 22.2. The van der Waals surface area contributed by atoms with Gasteiger partial charge >= 0.3 is 12.1 Å². The zero-order valence-electron chi connectivity index (χ0n) is 9.78. The average Bonchev–Trinajstić information content (AvgIpc) is 2.27. The molecule has 102 valence electrons. The summed E-state index contributed by atoms with van der Waals surface area (Å²) < 4.78 is 37.4. The third-order valence-corrected chi connectivity index (χ3v) is 2.15. The van der Waals surface area contributed by atoms with Crippen LogP contribution in [-0.4, -0.2) is 17.0 Å². The summed E-state index contributed by atoms with van der Waals surface area (Å²) in [6, 6.07) is 2.10. The average molecular weight is 273 g/mol. The molecule has 0 atom stereocenters. The van der Waals surface area contributed by atoms with Crippen molar-refractivity contribution in [1.82, 2.24) is 0 Å². The van der Waals surface area contributed by atoms with E-state index in [1.54, 1.807) is 6.92 Å². The highest BCUT2D eigenvalue weighted by atomic mass is 19.4. The summed E-state index contributed by atoms with van der Waals surface area (Å²) in [5.74, 6) is -2.17. The van der Waals surface area contributed by atoms with E-state index in [1.807, 2.05) is 0 Å². The second-order valence-electron chi connectivity index (χ2n) is 3.55. The normalized spacial score (nSPS) is 11.6. The van der Waals surface area contributed by atoms with Crippen LogP contribution in [0, 0.1) is 0 Å². The first kappa shape index (κ1) is 14.7. The molecule has 0 radical (unpaired) electrons. The van der Waals surface area contributed by atoms with Gasteiger partial charge in [0.25, 0.3) is 0 Å². The Labute approximate surface area is 106 Å². The maximum absolute atomic E-state index is 12.5. The third kappa shape index (κ3) is 3.84. The van der Waals surface area contributed by atoms with E-state index < -0.39 is 29.2 Å². The maximum Gasteiger partial charge on any atom is 0.416 e. The number of carbonyl (C=O) groups is 2. The van der Waals surface area contributed by atoms with Crippen LogP contribution >= 0.6 is 0 Å². The molecule has 0 bridgehead atoms. The smallest absolute Gasteiger partial charge is 0.416 e. The van der Waals surface area contributed by atoms with Crippen molar-refractivity contribution in [2.75, 3.05) is 5.32 Å². The van der Waals surface area contributed by atoms with Crippen LogP contribution in [0.2, 0.25) is 0 Å². The lowest BCUT2D eigenvalue weighted by atomic mass is 10.1. The zero-order valence-corrected chi connectivity index (χ0v) is 9.78. The van der Waals surface area contributed by atoms with Gasteiger partial charge in [0.2, 0.25) is 5.91 Å². The predicted molar refractivity (Wildman–Crippen MR) is 61.8 cm³/mol. The number of carboxylic acids is 1. The number of carbonyl (C=O) groups excluding carboxylic acids is 1. The van der Waals surface area contributed by atoms with Gasteiger partial charge in [0.05, 0.1) is 16.8 Å². The fourth-order valence-electron chi connectivity index (χ4n) is 1.33. The lowest BCUT2D eigenvalue weighted by Gasteiger charge is -2.11. The van der Waals surface area contributed by atoms with Crippen molar-refractivity contribution < 1.29 is 27.9 Å². The number of amides is 1. The van der Waals surface area contributed by atoms with E-state index >= 15 is 0 Å². The van der Waals surface area contributed by atoms with Crippen LogP contribution in [0.4, 0.5) is 18.9 Å². The molecule has 2 N–H and O–H groups in total. The first-order valence-corrected chi connectivity index (χ1v) is 5.14. The molecule has 7 heteroatoms. The Bertz CT molecular complexity index is 536. The number of carboxylic acid groups (broad SMARTS) is 1. The van der Waals surface area contributed by atoms with Gasteiger partial charge in [-0.3, -0.25) is 4.79 Å². The highest BCUT2D eigenvalue weighted by Crippen LogP contribution is 2.31. The van der Waals surface area contributed by atoms with Gasteiger partial charge in [-0.1, -0.05) is 6.08 Å². The quantitative estimate of drug-likeness (QED) is 0.832. The number of benzene rings is 1. The number of allylic oxidation sites excluding steroid dienone is 1. The number of hydrogen-bond acceptors (Lipinski definition) is 2. The van der Waals surface area contributed by atoms with Crippen molar-refractivity contribution in [3.63, 3.8) is 0 Å². The third-order valence-electron chi connectivity index (χ3n) is 2.15. The molecule has 19 heavy (non-hydrogen) atoms. The topological polar surface area (TPSA) is 66.4 Å². The molecular weight excluding hydrogens is 263 g/mol.